The smallest absolute Gasteiger partial charge is 0.101 e. The number of ether oxygens (including phenoxy) is 1. The summed E-state index contributed by atoms with van der Waals surface area (Å²) < 4.78 is 18.3. The van der Waals surface area contributed by atoms with Gasteiger partial charge in [0.2, 0.25) is 0 Å². The highest BCUT2D eigenvalue weighted by molar-refractivity contribution is 6.09. The molecule has 0 saturated carbocycles. The number of methoxy groups -OCH3 is 1. The standard InChI is InChI=1S/C16H22FN5O/c1-4-12(10-20-11(2)18)13-5-7-14(8-6-13)16(23-3)15(9-17)21-22-19/h4-8,10-11,15-16H,9,18H2,1-3H3/b12-4+,20-10-/t11?,15-,16-/m1/s1. The van der Waals surface area contributed by atoms with Gasteiger partial charge in [-0.25, -0.2) is 0 Å². The molecule has 1 aromatic rings. The lowest BCUT2D eigenvalue weighted by Crippen LogP contribution is -2.20. The van der Waals surface area contributed by atoms with Crippen LogP contribution in [0.15, 0.2) is 40.4 Å². The predicted octanol–water partition coefficient (Wildman–Crippen LogP) is 3.80. The van der Waals surface area contributed by atoms with Crippen molar-refractivity contribution in [2.24, 2.45) is 15.8 Å². The summed E-state index contributed by atoms with van der Waals surface area (Å²) in [5, 5.41) is 3.45. The molecule has 0 aliphatic rings. The summed E-state index contributed by atoms with van der Waals surface area (Å²) in [5.41, 5.74) is 16.8. The number of azide groups is 1. The van der Waals surface area contributed by atoms with Crippen molar-refractivity contribution in [2.45, 2.75) is 32.2 Å². The number of benzene rings is 1. The van der Waals surface area contributed by atoms with E-state index in [9.17, 15) is 4.39 Å². The molecule has 0 bridgehead atoms. The van der Waals surface area contributed by atoms with Gasteiger partial charge in [0.1, 0.15) is 6.67 Å². The largest absolute Gasteiger partial charge is 0.376 e. The third kappa shape index (κ3) is 5.49. The lowest BCUT2D eigenvalue weighted by atomic mass is 9.99. The Bertz CT molecular complexity index is 591. The summed E-state index contributed by atoms with van der Waals surface area (Å²) in [6.07, 6.45) is 2.75. The molecular formula is C16H22FN5O. The first-order chi connectivity index (χ1) is 11.1. The van der Waals surface area contributed by atoms with E-state index in [1.54, 1.807) is 13.1 Å². The number of hydrogen-bond acceptors (Lipinski definition) is 4. The Morgan fingerprint density at radius 3 is 2.52 bits per heavy atom. The first kappa shape index (κ1) is 18.8. The monoisotopic (exact) mass is 319 g/mol. The van der Waals surface area contributed by atoms with Crippen LogP contribution >= 0.6 is 0 Å². The lowest BCUT2D eigenvalue weighted by molar-refractivity contribution is 0.0722. The molecule has 124 valence electrons. The highest BCUT2D eigenvalue weighted by Crippen LogP contribution is 2.25. The zero-order valence-corrected chi connectivity index (χ0v) is 13.6. The van der Waals surface area contributed by atoms with Crippen molar-refractivity contribution in [2.75, 3.05) is 13.8 Å². The van der Waals surface area contributed by atoms with Gasteiger partial charge in [0.25, 0.3) is 0 Å². The Morgan fingerprint density at radius 2 is 2.09 bits per heavy atom. The minimum Gasteiger partial charge on any atom is -0.376 e. The molecular weight excluding hydrogens is 297 g/mol. The lowest BCUT2D eigenvalue weighted by Gasteiger charge is -2.20. The van der Waals surface area contributed by atoms with Gasteiger partial charge < -0.3 is 10.5 Å². The van der Waals surface area contributed by atoms with E-state index in [-0.39, 0.29) is 6.17 Å². The number of rotatable bonds is 8. The number of alkyl halides is 1. The average Bonchev–Trinajstić information content (AvgIpc) is 2.56. The number of hydrogen-bond donors (Lipinski definition) is 1. The van der Waals surface area contributed by atoms with E-state index < -0.39 is 18.8 Å². The average molecular weight is 319 g/mol. The van der Waals surface area contributed by atoms with Crippen molar-refractivity contribution in [3.8, 4) is 0 Å². The summed E-state index contributed by atoms with van der Waals surface area (Å²) in [7, 11) is 1.46. The van der Waals surface area contributed by atoms with Gasteiger partial charge in [-0.15, -0.1) is 0 Å². The molecule has 1 aromatic carbocycles. The van der Waals surface area contributed by atoms with Crippen molar-refractivity contribution in [3.63, 3.8) is 0 Å². The van der Waals surface area contributed by atoms with Crippen LogP contribution in [-0.4, -0.2) is 32.2 Å². The van der Waals surface area contributed by atoms with E-state index in [1.807, 2.05) is 37.3 Å². The number of nitrogens with zero attached hydrogens (tertiary/aromatic N) is 4. The molecule has 0 saturated heterocycles. The van der Waals surface area contributed by atoms with Gasteiger partial charge in [0.05, 0.1) is 18.3 Å². The van der Waals surface area contributed by atoms with Crippen molar-refractivity contribution in [1.82, 2.24) is 0 Å². The molecule has 7 heteroatoms. The summed E-state index contributed by atoms with van der Waals surface area (Å²) in [5.74, 6) is 0. The molecule has 0 radical (unpaired) electrons. The third-order valence-corrected chi connectivity index (χ3v) is 3.29. The normalized spacial score (nSPS) is 16.0. The second-order valence-electron chi connectivity index (χ2n) is 4.97. The Morgan fingerprint density at radius 1 is 1.43 bits per heavy atom. The quantitative estimate of drug-likeness (QED) is 0.341. The number of nitrogens with two attached hydrogens (primary N) is 1. The molecule has 0 spiro atoms. The van der Waals surface area contributed by atoms with Gasteiger partial charge in [-0.3, -0.25) is 9.38 Å². The first-order valence-electron chi connectivity index (χ1n) is 7.25. The highest BCUT2D eigenvalue weighted by atomic mass is 19.1. The van der Waals surface area contributed by atoms with Gasteiger partial charge in [0.15, 0.2) is 0 Å². The summed E-state index contributed by atoms with van der Waals surface area (Å²) >= 11 is 0. The summed E-state index contributed by atoms with van der Waals surface area (Å²) in [6, 6.07) is 6.52. The van der Waals surface area contributed by atoms with Crippen LogP contribution in [0.5, 0.6) is 0 Å². The summed E-state index contributed by atoms with van der Waals surface area (Å²) in [4.78, 5) is 6.83. The maximum absolute atomic E-state index is 13.0. The molecule has 2 N–H and O–H groups in total. The zero-order valence-electron chi connectivity index (χ0n) is 13.6. The Kier molecular flexibility index (Phi) is 7.97. The molecule has 3 atom stereocenters. The fourth-order valence-electron chi connectivity index (χ4n) is 2.13. The third-order valence-electron chi connectivity index (χ3n) is 3.29. The van der Waals surface area contributed by atoms with E-state index in [4.69, 9.17) is 16.0 Å². The first-order valence-corrected chi connectivity index (χ1v) is 7.25. The Hall–Kier alpha value is -2.21. The molecule has 0 aromatic heterocycles. The van der Waals surface area contributed by atoms with Crippen LogP contribution < -0.4 is 5.73 Å². The Labute approximate surface area is 135 Å². The number of halogens is 1. The fraction of sp³-hybridized carbons (Fsp3) is 0.438. The number of aliphatic imine (C=N–C) groups is 1. The maximum Gasteiger partial charge on any atom is 0.101 e. The van der Waals surface area contributed by atoms with Gasteiger partial charge in [0, 0.05) is 18.2 Å². The molecule has 0 amide bonds. The minimum atomic E-state index is -0.892. The topological polar surface area (TPSA) is 96.4 Å². The van der Waals surface area contributed by atoms with Crippen molar-refractivity contribution >= 4 is 11.8 Å². The highest BCUT2D eigenvalue weighted by Gasteiger charge is 2.22. The predicted molar refractivity (Wildman–Crippen MR) is 90.9 cm³/mol. The second-order valence-corrected chi connectivity index (χ2v) is 4.97. The van der Waals surface area contributed by atoms with Crippen LogP contribution in [0, 0.1) is 0 Å². The second kappa shape index (κ2) is 9.74. The zero-order chi connectivity index (χ0) is 17.2. The number of allylic oxidation sites excluding steroid dienone is 2. The molecule has 1 unspecified atom stereocenters. The van der Waals surface area contributed by atoms with Crippen LogP contribution in [0.4, 0.5) is 4.39 Å². The van der Waals surface area contributed by atoms with Crippen molar-refractivity contribution in [3.05, 3.63) is 51.9 Å². The van der Waals surface area contributed by atoms with Gasteiger partial charge >= 0.3 is 0 Å². The van der Waals surface area contributed by atoms with Crippen LogP contribution in [0.3, 0.4) is 0 Å². The summed E-state index contributed by atoms with van der Waals surface area (Å²) in [6.45, 7) is 2.92. The van der Waals surface area contributed by atoms with Gasteiger partial charge in [-0.1, -0.05) is 35.5 Å². The van der Waals surface area contributed by atoms with E-state index in [1.165, 1.54) is 7.11 Å². The Balaban J connectivity index is 3.04. The molecule has 23 heavy (non-hydrogen) atoms. The van der Waals surface area contributed by atoms with Crippen molar-refractivity contribution in [1.29, 1.82) is 0 Å². The fourth-order valence-corrected chi connectivity index (χ4v) is 2.13. The van der Waals surface area contributed by atoms with Crippen LogP contribution in [0.1, 0.15) is 31.1 Å². The van der Waals surface area contributed by atoms with E-state index in [0.717, 1.165) is 16.7 Å². The van der Waals surface area contributed by atoms with E-state index in [0.29, 0.717) is 0 Å². The van der Waals surface area contributed by atoms with Crippen LogP contribution in [0.25, 0.3) is 16.0 Å². The van der Waals surface area contributed by atoms with Crippen LogP contribution in [-0.2, 0) is 4.74 Å². The van der Waals surface area contributed by atoms with Gasteiger partial charge in [-0.2, -0.15) is 0 Å². The molecule has 6 nitrogen and oxygen atoms in total. The molecule has 0 heterocycles. The molecule has 0 aliphatic heterocycles. The van der Waals surface area contributed by atoms with E-state index >= 15 is 0 Å². The minimum absolute atomic E-state index is 0.267. The van der Waals surface area contributed by atoms with Crippen LogP contribution in [0.2, 0.25) is 0 Å². The maximum atomic E-state index is 13.0. The van der Waals surface area contributed by atoms with E-state index in [2.05, 4.69) is 15.0 Å². The van der Waals surface area contributed by atoms with Gasteiger partial charge in [-0.05, 0) is 36.1 Å². The van der Waals surface area contributed by atoms with Crippen molar-refractivity contribution < 1.29 is 9.13 Å². The SMILES string of the molecule is C/C=C(\C=N/C(C)N)c1ccc([C@@H](OC)[C@@H](CF)N=[N+]=[N-])cc1. The molecule has 0 aliphatic carbocycles. The molecule has 1 rings (SSSR count). The molecule has 0 fully saturated rings.